The van der Waals surface area contributed by atoms with Crippen LogP contribution < -0.4 is 9.64 Å². The Morgan fingerprint density at radius 2 is 1.84 bits per heavy atom. The average Bonchev–Trinajstić information content (AvgIpc) is 3.54. The van der Waals surface area contributed by atoms with Gasteiger partial charge in [0.2, 0.25) is 0 Å². The van der Waals surface area contributed by atoms with Crippen molar-refractivity contribution in [1.82, 2.24) is 4.98 Å². The number of rotatable bonds is 7. The normalized spacial score (nSPS) is 16.6. The van der Waals surface area contributed by atoms with Crippen molar-refractivity contribution >= 4 is 39.6 Å². The van der Waals surface area contributed by atoms with Gasteiger partial charge in [-0.25, -0.2) is 4.98 Å². The van der Waals surface area contributed by atoms with Gasteiger partial charge in [-0.2, -0.15) is 0 Å². The van der Waals surface area contributed by atoms with Crippen LogP contribution in [0, 0.1) is 17.0 Å². The molecule has 1 aliphatic heterocycles. The molecule has 1 fully saturated rings. The molecule has 190 valence electrons. The van der Waals surface area contributed by atoms with E-state index in [1.54, 1.807) is 29.6 Å². The number of aliphatic hydroxyl groups is 1. The Labute approximate surface area is 221 Å². The van der Waals surface area contributed by atoms with Gasteiger partial charge in [-0.05, 0) is 54.4 Å². The van der Waals surface area contributed by atoms with E-state index in [4.69, 9.17) is 4.74 Å². The first-order chi connectivity index (χ1) is 18.3. The zero-order valence-electron chi connectivity index (χ0n) is 20.1. The molecule has 1 amide bonds. The van der Waals surface area contributed by atoms with Gasteiger partial charge in [-0.1, -0.05) is 29.8 Å². The standard InChI is InChI=1S/C28H21N3O6S/c1-17-3-2-4-18(15-17)16-37-22-11-7-20(8-12-22)25(32)23-24(19-5-9-21(10-6-19)31(35)36)30(27(34)26(23)33)28-29-13-14-38-28/h2-15,24,32H,16H2,1H3/b25-23+. The summed E-state index contributed by atoms with van der Waals surface area (Å²) in [6, 6.07) is 19.0. The van der Waals surface area contributed by atoms with E-state index < -0.39 is 22.7 Å². The number of carbonyl (C=O) groups is 2. The van der Waals surface area contributed by atoms with Crippen molar-refractivity contribution in [2.24, 2.45) is 0 Å². The van der Waals surface area contributed by atoms with Gasteiger partial charge in [-0.3, -0.25) is 24.6 Å². The lowest BCUT2D eigenvalue weighted by Gasteiger charge is -2.22. The largest absolute Gasteiger partial charge is 0.507 e. The van der Waals surface area contributed by atoms with Gasteiger partial charge >= 0.3 is 5.91 Å². The molecule has 1 aromatic heterocycles. The lowest BCUT2D eigenvalue weighted by molar-refractivity contribution is -0.384. The number of amides is 1. The second-order valence-electron chi connectivity index (χ2n) is 8.63. The fraction of sp³-hybridized carbons (Fsp3) is 0.107. The minimum atomic E-state index is -1.01. The van der Waals surface area contributed by atoms with Crippen LogP contribution in [0.5, 0.6) is 5.75 Å². The highest BCUT2D eigenvalue weighted by Crippen LogP contribution is 2.43. The number of carbonyl (C=O) groups excluding carboxylic acids is 2. The molecule has 0 saturated carbocycles. The maximum Gasteiger partial charge on any atom is 0.301 e. The van der Waals surface area contributed by atoms with Crippen molar-refractivity contribution in [3.05, 3.63) is 122 Å². The smallest absolute Gasteiger partial charge is 0.301 e. The maximum atomic E-state index is 13.2. The van der Waals surface area contributed by atoms with Crippen LogP contribution in [-0.4, -0.2) is 26.7 Å². The number of hydrogen-bond donors (Lipinski definition) is 1. The number of hydrogen-bond acceptors (Lipinski definition) is 8. The minimum Gasteiger partial charge on any atom is -0.507 e. The molecule has 1 unspecified atom stereocenters. The number of nitro groups is 1. The summed E-state index contributed by atoms with van der Waals surface area (Å²) in [5, 5.41) is 24.3. The number of ether oxygens (including phenoxy) is 1. The molecule has 5 rings (SSSR count). The number of anilines is 1. The number of nitrogens with zero attached hydrogens (tertiary/aromatic N) is 3. The first-order valence-corrected chi connectivity index (χ1v) is 12.4. The highest BCUT2D eigenvalue weighted by Gasteiger charge is 2.48. The zero-order valence-corrected chi connectivity index (χ0v) is 20.9. The van der Waals surface area contributed by atoms with Crippen LogP contribution in [0.2, 0.25) is 0 Å². The third-order valence-corrected chi connectivity index (χ3v) is 6.88. The monoisotopic (exact) mass is 527 g/mol. The Morgan fingerprint density at radius 1 is 1.11 bits per heavy atom. The van der Waals surface area contributed by atoms with Crippen LogP contribution in [0.4, 0.5) is 10.8 Å². The molecule has 1 atom stereocenters. The molecule has 1 aliphatic rings. The Balaban J connectivity index is 1.50. The van der Waals surface area contributed by atoms with E-state index in [0.717, 1.165) is 22.5 Å². The molecule has 1 N–H and O–H groups in total. The predicted molar refractivity (Wildman–Crippen MR) is 142 cm³/mol. The summed E-state index contributed by atoms with van der Waals surface area (Å²) in [6.45, 7) is 2.37. The van der Waals surface area contributed by atoms with Crippen LogP contribution in [0.15, 0.2) is 89.9 Å². The van der Waals surface area contributed by atoms with Gasteiger partial charge in [0.05, 0.1) is 16.5 Å². The molecule has 3 aromatic carbocycles. The van der Waals surface area contributed by atoms with Gasteiger partial charge in [0.1, 0.15) is 18.1 Å². The first kappa shape index (κ1) is 24.8. The second-order valence-corrected chi connectivity index (χ2v) is 9.51. The molecule has 0 spiro atoms. The lowest BCUT2D eigenvalue weighted by Crippen LogP contribution is -2.29. The summed E-state index contributed by atoms with van der Waals surface area (Å²) >= 11 is 1.16. The Morgan fingerprint density at radius 3 is 2.47 bits per heavy atom. The molecule has 4 aromatic rings. The Hall–Kier alpha value is -4.83. The number of aryl methyl sites for hydroxylation is 1. The molecular formula is C28H21N3O6S. The number of aliphatic hydroxyl groups excluding tert-OH is 1. The average molecular weight is 528 g/mol. The molecule has 0 bridgehead atoms. The molecule has 10 heteroatoms. The number of ketones is 1. The van der Waals surface area contributed by atoms with Crippen molar-refractivity contribution in [3.63, 3.8) is 0 Å². The van der Waals surface area contributed by atoms with Crippen LogP contribution in [0.1, 0.15) is 28.3 Å². The first-order valence-electron chi connectivity index (χ1n) is 11.6. The molecule has 0 radical (unpaired) electrons. The fourth-order valence-corrected chi connectivity index (χ4v) is 4.96. The van der Waals surface area contributed by atoms with Crippen LogP contribution in [0.25, 0.3) is 5.76 Å². The van der Waals surface area contributed by atoms with Gasteiger partial charge in [0.15, 0.2) is 5.13 Å². The van der Waals surface area contributed by atoms with Crippen molar-refractivity contribution < 1.29 is 24.4 Å². The highest BCUT2D eigenvalue weighted by atomic mass is 32.1. The molecule has 2 heterocycles. The Bertz CT molecular complexity index is 1550. The van der Waals surface area contributed by atoms with Crippen molar-refractivity contribution in [1.29, 1.82) is 0 Å². The second kappa shape index (κ2) is 10.3. The minimum absolute atomic E-state index is 0.132. The van der Waals surface area contributed by atoms with E-state index in [-0.39, 0.29) is 22.2 Å². The van der Waals surface area contributed by atoms with Gasteiger partial charge in [0, 0.05) is 29.3 Å². The SMILES string of the molecule is Cc1cccc(COc2ccc(/C(O)=C3\C(=O)C(=O)N(c4nccs4)C3c3ccc([N+](=O)[O-])cc3)cc2)c1. The van der Waals surface area contributed by atoms with E-state index in [2.05, 4.69) is 4.98 Å². The van der Waals surface area contributed by atoms with E-state index in [0.29, 0.717) is 23.5 Å². The summed E-state index contributed by atoms with van der Waals surface area (Å²) in [4.78, 5) is 42.2. The summed E-state index contributed by atoms with van der Waals surface area (Å²) in [5.41, 5.74) is 2.61. The summed E-state index contributed by atoms with van der Waals surface area (Å²) < 4.78 is 5.84. The van der Waals surface area contributed by atoms with E-state index in [1.807, 2.05) is 31.2 Å². The zero-order chi connectivity index (χ0) is 26.8. The molecule has 1 saturated heterocycles. The topological polar surface area (TPSA) is 123 Å². The summed E-state index contributed by atoms with van der Waals surface area (Å²) in [6.07, 6.45) is 1.50. The molecular weight excluding hydrogens is 506 g/mol. The quantitative estimate of drug-likeness (QED) is 0.110. The van der Waals surface area contributed by atoms with E-state index in [9.17, 15) is 24.8 Å². The number of aromatic nitrogens is 1. The predicted octanol–water partition coefficient (Wildman–Crippen LogP) is 5.57. The third kappa shape index (κ3) is 4.76. The lowest BCUT2D eigenvalue weighted by atomic mass is 9.95. The number of thiazole rings is 1. The maximum absolute atomic E-state index is 13.2. The van der Waals surface area contributed by atoms with E-state index in [1.165, 1.54) is 35.4 Å². The molecule has 0 aliphatic carbocycles. The fourth-order valence-electron chi connectivity index (χ4n) is 4.29. The van der Waals surface area contributed by atoms with Gasteiger partial charge in [-0.15, -0.1) is 11.3 Å². The van der Waals surface area contributed by atoms with Crippen molar-refractivity contribution in [3.8, 4) is 5.75 Å². The summed E-state index contributed by atoms with van der Waals surface area (Å²) in [7, 11) is 0. The highest BCUT2D eigenvalue weighted by molar-refractivity contribution is 7.14. The van der Waals surface area contributed by atoms with Crippen LogP contribution in [0.3, 0.4) is 0 Å². The molecule has 9 nitrogen and oxygen atoms in total. The van der Waals surface area contributed by atoms with Gasteiger partial charge in [0.25, 0.3) is 11.5 Å². The van der Waals surface area contributed by atoms with Crippen LogP contribution >= 0.6 is 11.3 Å². The Kier molecular flexibility index (Phi) is 6.71. The van der Waals surface area contributed by atoms with Gasteiger partial charge < -0.3 is 9.84 Å². The number of benzene rings is 3. The van der Waals surface area contributed by atoms with Crippen molar-refractivity contribution in [2.45, 2.75) is 19.6 Å². The van der Waals surface area contributed by atoms with Crippen molar-refractivity contribution in [2.75, 3.05) is 4.90 Å². The van der Waals surface area contributed by atoms with Crippen LogP contribution in [-0.2, 0) is 16.2 Å². The number of non-ortho nitro benzene ring substituents is 1. The third-order valence-electron chi connectivity index (χ3n) is 6.11. The number of nitro benzene ring substituents is 1. The number of Topliss-reactive ketones (excluding diaryl/α,β-unsaturated/α-hetero) is 1. The summed E-state index contributed by atoms with van der Waals surface area (Å²) in [5.74, 6) is -1.52. The van der Waals surface area contributed by atoms with E-state index >= 15 is 0 Å². The molecule has 38 heavy (non-hydrogen) atoms.